The first kappa shape index (κ1) is 15.3. The molecule has 2 aromatic rings. The Labute approximate surface area is 130 Å². The third kappa shape index (κ3) is 3.13. The molecule has 0 bridgehead atoms. The summed E-state index contributed by atoms with van der Waals surface area (Å²) in [6, 6.07) is 7.39. The summed E-state index contributed by atoms with van der Waals surface area (Å²) in [5.41, 5.74) is 1.94. The van der Waals surface area contributed by atoms with Crippen molar-refractivity contribution in [1.29, 1.82) is 0 Å². The van der Waals surface area contributed by atoms with Crippen LogP contribution in [0.25, 0.3) is 0 Å². The third-order valence-corrected chi connectivity index (χ3v) is 4.13. The van der Waals surface area contributed by atoms with Crippen molar-refractivity contribution in [3.05, 3.63) is 62.6 Å². The summed E-state index contributed by atoms with van der Waals surface area (Å²) in [4.78, 5) is 0. The average molecular weight is 361 g/mol. The zero-order valence-corrected chi connectivity index (χ0v) is 13.3. The molecule has 0 saturated heterocycles. The highest BCUT2D eigenvalue weighted by atomic mass is 79.9. The number of nitrogens with one attached hydrogen (secondary N) is 1. The van der Waals surface area contributed by atoms with Gasteiger partial charge in [0.2, 0.25) is 0 Å². The zero-order valence-electron chi connectivity index (χ0n) is 11.0. The molecule has 5 heteroatoms. The third-order valence-electron chi connectivity index (χ3n) is 3.07. The smallest absolute Gasteiger partial charge is 0.164 e. The Hall–Kier alpha value is -1.13. The second-order valence-electron chi connectivity index (χ2n) is 4.59. The molecule has 1 atom stereocenters. The van der Waals surface area contributed by atoms with E-state index >= 15 is 0 Å². The number of halogens is 4. The van der Waals surface area contributed by atoms with Crippen LogP contribution in [0.2, 0.25) is 5.02 Å². The van der Waals surface area contributed by atoms with Crippen molar-refractivity contribution < 1.29 is 8.78 Å². The molecule has 0 amide bonds. The second-order valence-corrected chi connectivity index (χ2v) is 5.85. The fourth-order valence-corrected chi connectivity index (χ4v) is 2.66. The monoisotopic (exact) mass is 359 g/mol. The molecule has 2 rings (SSSR count). The van der Waals surface area contributed by atoms with Crippen LogP contribution in [0.3, 0.4) is 0 Å². The number of aryl methyl sites for hydroxylation is 1. The molecule has 0 fully saturated rings. The number of benzene rings is 2. The van der Waals surface area contributed by atoms with Gasteiger partial charge in [-0.05, 0) is 53.5 Å². The number of anilines is 1. The van der Waals surface area contributed by atoms with Crippen molar-refractivity contribution in [2.24, 2.45) is 0 Å². The molecule has 0 aromatic heterocycles. The highest BCUT2D eigenvalue weighted by Crippen LogP contribution is 2.32. The minimum Gasteiger partial charge on any atom is -0.377 e. The largest absolute Gasteiger partial charge is 0.377 e. The summed E-state index contributed by atoms with van der Waals surface area (Å²) in [6.45, 7) is 3.66. The molecule has 20 heavy (non-hydrogen) atoms. The lowest BCUT2D eigenvalue weighted by atomic mass is 10.1. The van der Waals surface area contributed by atoms with E-state index in [4.69, 9.17) is 11.6 Å². The van der Waals surface area contributed by atoms with Crippen LogP contribution in [0.4, 0.5) is 14.5 Å². The molecule has 0 aliphatic rings. The van der Waals surface area contributed by atoms with Gasteiger partial charge in [-0.15, -0.1) is 0 Å². The molecule has 0 aliphatic carbocycles. The highest BCUT2D eigenvalue weighted by Gasteiger charge is 2.15. The van der Waals surface area contributed by atoms with Crippen molar-refractivity contribution >= 4 is 33.2 Å². The van der Waals surface area contributed by atoms with Gasteiger partial charge in [0.25, 0.3) is 0 Å². The van der Waals surface area contributed by atoms with Crippen molar-refractivity contribution in [3.63, 3.8) is 0 Å². The van der Waals surface area contributed by atoms with Crippen LogP contribution in [0.1, 0.15) is 24.1 Å². The van der Waals surface area contributed by atoms with Crippen LogP contribution >= 0.6 is 27.5 Å². The second kappa shape index (κ2) is 6.10. The molecular weight excluding hydrogens is 348 g/mol. The summed E-state index contributed by atoms with van der Waals surface area (Å²) >= 11 is 9.50. The SMILES string of the molecule is Cc1cc(Br)c(NC(C)c2cccc(F)c2F)cc1Cl. The minimum absolute atomic E-state index is 0.272. The zero-order chi connectivity index (χ0) is 14.9. The van der Waals surface area contributed by atoms with Gasteiger partial charge in [0.1, 0.15) is 0 Å². The lowest BCUT2D eigenvalue weighted by Crippen LogP contribution is -2.10. The van der Waals surface area contributed by atoms with Crippen molar-refractivity contribution in [2.45, 2.75) is 19.9 Å². The van der Waals surface area contributed by atoms with Gasteiger partial charge in [0, 0.05) is 15.1 Å². The molecular formula is C15H13BrClF2N. The quantitative estimate of drug-likeness (QED) is 0.722. The standard InChI is InChI=1S/C15H13BrClF2N/c1-8-6-11(16)14(7-12(8)17)20-9(2)10-4-3-5-13(18)15(10)19/h3-7,9,20H,1-2H3. The fourth-order valence-electron chi connectivity index (χ4n) is 1.92. The van der Waals surface area contributed by atoms with E-state index in [-0.39, 0.29) is 11.6 Å². The first-order valence-electron chi connectivity index (χ1n) is 6.06. The molecule has 0 aliphatic heterocycles. The van der Waals surface area contributed by atoms with E-state index in [0.29, 0.717) is 5.02 Å². The number of rotatable bonds is 3. The minimum atomic E-state index is -0.850. The maximum atomic E-state index is 13.7. The van der Waals surface area contributed by atoms with E-state index in [9.17, 15) is 8.78 Å². The van der Waals surface area contributed by atoms with Gasteiger partial charge >= 0.3 is 0 Å². The van der Waals surface area contributed by atoms with E-state index < -0.39 is 11.6 Å². The lowest BCUT2D eigenvalue weighted by molar-refractivity contribution is 0.494. The van der Waals surface area contributed by atoms with Crippen molar-refractivity contribution in [1.82, 2.24) is 0 Å². The molecule has 0 radical (unpaired) electrons. The van der Waals surface area contributed by atoms with E-state index in [2.05, 4.69) is 21.2 Å². The van der Waals surface area contributed by atoms with Crippen molar-refractivity contribution in [2.75, 3.05) is 5.32 Å². The van der Waals surface area contributed by atoms with Crippen LogP contribution in [0.5, 0.6) is 0 Å². The Morgan fingerprint density at radius 2 is 1.95 bits per heavy atom. The van der Waals surface area contributed by atoms with Crippen LogP contribution in [-0.4, -0.2) is 0 Å². The predicted molar refractivity (Wildman–Crippen MR) is 82.3 cm³/mol. The van der Waals surface area contributed by atoms with Gasteiger partial charge in [-0.1, -0.05) is 23.7 Å². The Morgan fingerprint density at radius 3 is 2.65 bits per heavy atom. The molecule has 0 spiro atoms. The molecule has 1 N–H and O–H groups in total. The topological polar surface area (TPSA) is 12.0 Å². The summed E-state index contributed by atoms with van der Waals surface area (Å²) in [5, 5.41) is 3.74. The Morgan fingerprint density at radius 1 is 1.25 bits per heavy atom. The van der Waals surface area contributed by atoms with Gasteiger partial charge in [-0.2, -0.15) is 0 Å². The van der Waals surface area contributed by atoms with E-state index in [1.54, 1.807) is 19.1 Å². The van der Waals surface area contributed by atoms with Crippen LogP contribution < -0.4 is 5.32 Å². The number of hydrogen-bond acceptors (Lipinski definition) is 1. The van der Waals surface area contributed by atoms with Gasteiger partial charge in [0.15, 0.2) is 11.6 Å². The molecule has 106 valence electrons. The summed E-state index contributed by atoms with van der Waals surface area (Å²) in [7, 11) is 0. The molecule has 0 saturated carbocycles. The first-order chi connectivity index (χ1) is 9.40. The molecule has 2 aromatic carbocycles. The summed E-state index contributed by atoms with van der Waals surface area (Å²) in [5.74, 6) is -1.68. The predicted octanol–water partition coefficient (Wildman–Crippen LogP) is 5.86. The summed E-state index contributed by atoms with van der Waals surface area (Å²) < 4.78 is 27.8. The van der Waals surface area contributed by atoms with E-state index in [1.165, 1.54) is 6.07 Å². The summed E-state index contributed by atoms with van der Waals surface area (Å²) in [6.07, 6.45) is 0. The molecule has 1 unspecified atom stereocenters. The molecule has 0 heterocycles. The maximum Gasteiger partial charge on any atom is 0.164 e. The molecule has 1 nitrogen and oxygen atoms in total. The van der Waals surface area contributed by atoms with Crippen molar-refractivity contribution in [3.8, 4) is 0 Å². The fraction of sp³-hybridized carbons (Fsp3) is 0.200. The van der Waals surface area contributed by atoms with Crippen LogP contribution in [0.15, 0.2) is 34.8 Å². The van der Waals surface area contributed by atoms with E-state index in [0.717, 1.165) is 21.8 Å². The van der Waals surface area contributed by atoms with Gasteiger partial charge < -0.3 is 5.32 Å². The normalized spacial score (nSPS) is 12.3. The number of hydrogen-bond donors (Lipinski definition) is 1. The van der Waals surface area contributed by atoms with Gasteiger partial charge in [0.05, 0.1) is 11.7 Å². The van der Waals surface area contributed by atoms with Gasteiger partial charge in [-0.25, -0.2) is 8.78 Å². The Kier molecular flexibility index (Phi) is 4.66. The lowest BCUT2D eigenvalue weighted by Gasteiger charge is -2.18. The Balaban J connectivity index is 2.30. The first-order valence-corrected chi connectivity index (χ1v) is 7.23. The highest BCUT2D eigenvalue weighted by molar-refractivity contribution is 9.10. The van der Waals surface area contributed by atoms with Crippen LogP contribution in [0, 0.1) is 18.6 Å². The van der Waals surface area contributed by atoms with E-state index in [1.807, 2.05) is 13.0 Å². The Bertz CT molecular complexity index is 646. The van der Waals surface area contributed by atoms with Crippen LogP contribution in [-0.2, 0) is 0 Å². The average Bonchev–Trinajstić information content (AvgIpc) is 2.39. The maximum absolute atomic E-state index is 13.7. The van der Waals surface area contributed by atoms with Gasteiger partial charge in [-0.3, -0.25) is 0 Å².